The molecule has 0 aromatic heterocycles. The van der Waals surface area contributed by atoms with Crippen LogP contribution in [0.2, 0.25) is 0 Å². The Labute approximate surface area is 138 Å². The molecular weight excluding hydrogens is 312 g/mol. The van der Waals surface area contributed by atoms with E-state index in [1.807, 2.05) is 0 Å². The van der Waals surface area contributed by atoms with Gasteiger partial charge in [-0.05, 0) is 36.4 Å². The first-order valence-corrected chi connectivity index (χ1v) is 6.94. The Morgan fingerprint density at radius 3 is 2.29 bits per heavy atom. The van der Waals surface area contributed by atoms with E-state index in [2.05, 4.69) is 10.5 Å². The molecule has 0 fully saturated rings. The molecule has 2 rings (SSSR count). The SMILES string of the molecule is COc1ccc(/C=N/NC(=O)c2ccc(C(=O)O)cc2)c(OC)c1. The predicted octanol–water partition coefficient (Wildman–Crippen LogP) is 2.17. The maximum absolute atomic E-state index is 11.9. The number of rotatable bonds is 6. The second-order valence-corrected chi connectivity index (χ2v) is 4.69. The molecule has 0 aliphatic heterocycles. The van der Waals surface area contributed by atoms with E-state index in [0.29, 0.717) is 22.6 Å². The fourth-order valence-electron chi connectivity index (χ4n) is 1.91. The first kappa shape index (κ1) is 17.0. The number of methoxy groups -OCH3 is 2. The first-order valence-electron chi connectivity index (χ1n) is 6.94. The molecule has 24 heavy (non-hydrogen) atoms. The fraction of sp³-hybridized carbons (Fsp3) is 0.118. The molecular formula is C17H16N2O5. The monoisotopic (exact) mass is 328 g/mol. The molecule has 0 aliphatic carbocycles. The Kier molecular flexibility index (Phi) is 5.51. The summed E-state index contributed by atoms with van der Waals surface area (Å²) < 4.78 is 10.3. The summed E-state index contributed by atoms with van der Waals surface area (Å²) in [6, 6.07) is 10.7. The molecule has 1 amide bonds. The molecule has 7 nitrogen and oxygen atoms in total. The van der Waals surface area contributed by atoms with E-state index in [-0.39, 0.29) is 5.56 Å². The van der Waals surface area contributed by atoms with Crippen molar-refractivity contribution in [2.45, 2.75) is 0 Å². The molecule has 0 radical (unpaired) electrons. The van der Waals surface area contributed by atoms with Crippen molar-refractivity contribution in [1.82, 2.24) is 5.43 Å². The Bertz CT molecular complexity index is 769. The van der Waals surface area contributed by atoms with Crippen molar-refractivity contribution in [1.29, 1.82) is 0 Å². The number of carboxylic acid groups (broad SMARTS) is 1. The maximum atomic E-state index is 11.9. The molecule has 7 heteroatoms. The Morgan fingerprint density at radius 2 is 1.71 bits per heavy atom. The number of nitrogens with one attached hydrogen (secondary N) is 1. The van der Waals surface area contributed by atoms with Crippen LogP contribution in [0.15, 0.2) is 47.6 Å². The van der Waals surface area contributed by atoms with Gasteiger partial charge in [0.25, 0.3) is 5.91 Å². The van der Waals surface area contributed by atoms with Crippen LogP contribution in [0.3, 0.4) is 0 Å². The number of carbonyl (C=O) groups is 2. The highest BCUT2D eigenvalue weighted by Crippen LogP contribution is 2.22. The minimum atomic E-state index is -1.05. The van der Waals surface area contributed by atoms with Crippen LogP contribution in [0.5, 0.6) is 11.5 Å². The molecule has 0 atom stereocenters. The molecule has 124 valence electrons. The summed E-state index contributed by atoms with van der Waals surface area (Å²) in [5.74, 6) is -0.299. The summed E-state index contributed by atoms with van der Waals surface area (Å²) in [7, 11) is 3.08. The topological polar surface area (TPSA) is 97.2 Å². The molecule has 0 saturated heterocycles. The third-order valence-electron chi connectivity index (χ3n) is 3.20. The van der Waals surface area contributed by atoms with Gasteiger partial charge in [-0.2, -0.15) is 5.10 Å². The second kappa shape index (κ2) is 7.77. The van der Waals surface area contributed by atoms with Crippen LogP contribution in [0.4, 0.5) is 0 Å². The van der Waals surface area contributed by atoms with Gasteiger partial charge in [0.2, 0.25) is 0 Å². The van der Waals surface area contributed by atoms with E-state index in [4.69, 9.17) is 14.6 Å². The Morgan fingerprint density at radius 1 is 1.04 bits per heavy atom. The lowest BCUT2D eigenvalue weighted by atomic mass is 10.1. The van der Waals surface area contributed by atoms with Crippen molar-refractivity contribution in [3.05, 3.63) is 59.2 Å². The Balaban J connectivity index is 2.05. The smallest absolute Gasteiger partial charge is 0.335 e. The summed E-state index contributed by atoms with van der Waals surface area (Å²) in [6.45, 7) is 0. The van der Waals surface area contributed by atoms with Crippen LogP contribution in [0.25, 0.3) is 0 Å². The van der Waals surface area contributed by atoms with Gasteiger partial charge >= 0.3 is 5.97 Å². The van der Waals surface area contributed by atoms with Crippen LogP contribution < -0.4 is 14.9 Å². The molecule has 0 aliphatic rings. The van der Waals surface area contributed by atoms with Gasteiger partial charge in [0.1, 0.15) is 11.5 Å². The van der Waals surface area contributed by atoms with Crippen LogP contribution in [0.1, 0.15) is 26.3 Å². The summed E-state index contributed by atoms with van der Waals surface area (Å²) in [5, 5.41) is 12.7. The van der Waals surface area contributed by atoms with Gasteiger partial charge in [-0.25, -0.2) is 10.2 Å². The molecule has 0 bridgehead atoms. The van der Waals surface area contributed by atoms with E-state index in [1.165, 1.54) is 37.6 Å². The number of hydrogen-bond donors (Lipinski definition) is 2. The van der Waals surface area contributed by atoms with E-state index >= 15 is 0 Å². The average molecular weight is 328 g/mol. The first-order chi connectivity index (χ1) is 11.5. The molecule has 0 spiro atoms. The highest BCUT2D eigenvalue weighted by Gasteiger charge is 2.07. The molecule has 0 heterocycles. The highest BCUT2D eigenvalue weighted by molar-refractivity contribution is 5.96. The zero-order valence-corrected chi connectivity index (χ0v) is 13.1. The zero-order valence-electron chi connectivity index (χ0n) is 13.1. The third-order valence-corrected chi connectivity index (χ3v) is 3.20. The van der Waals surface area contributed by atoms with E-state index < -0.39 is 11.9 Å². The van der Waals surface area contributed by atoms with Gasteiger partial charge in [-0.15, -0.1) is 0 Å². The lowest BCUT2D eigenvalue weighted by Gasteiger charge is -2.07. The molecule has 2 aromatic carbocycles. The predicted molar refractivity (Wildman–Crippen MR) is 88.0 cm³/mol. The number of aromatic carboxylic acids is 1. The van der Waals surface area contributed by atoms with Crippen LogP contribution in [-0.4, -0.2) is 37.4 Å². The third kappa shape index (κ3) is 4.10. The summed E-state index contributed by atoms with van der Waals surface area (Å²) in [4.78, 5) is 22.7. The Hall–Kier alpha value is -3.35. The number of nitrogens with zero attached hydrogens (tertiary/aromatic N) is 1. The van der Waals surface area contributed by atoms with Gasteiger partial charge in [0.15, 0.2) is 0 Å². The van der Waals surface area contributed by atoms with E-state index in [0.717, 1.165) is 0 Å². The maximum Gasteiger partial charge on any atom is 0.335 e. The lowest BCUT2D eigenvalue weighted by Crippen LogP contribution is -2.17. The number of carbonyl (C=O) groups excluding carboxylic acids is 1. The summed E-state index contributed by atoms with van der Waals surface area (Å²) >= 11 is 0. The number of hydrogen-bond acceptors (Lipinski definition) is 5. The quantitative estimate of drug-likeness (QED) is 0.625. The normalized spacial score (nSPS) is 10.4. The van der Waals surface area contributed by atoms with Crippen LogP contribution >= 0.6 is 0 Å². The number of carboxylic acids is 1. The van der Waals surface area contributed by atoms with Crippen LogP contribution in [-0.2, 0) is 0 Å². The van der Waals surface area contributed by atoms with Crippen molar-refractivity contribution in [3.63, 3.8) is 0 Å². The lowest BCUT2D eigenvalue weighted by molar-refractivity contribution is 0.0696. The van der Waals surface area contributed by atoms with Crippen LogP contribution in [0, 0.1) is 0 Å². The molecule has 2 N–H and O–H groups in total. The second-order valence-electron chi connectivity index (χ2n) is 4.69. The highest BCUT2D eigenvalue weighted by atomic mass is 16.5. The van der Waals surface area contributed by atoms with Gasteiger partial charge in [-0.3, -0.25) is 4.79 Å². The van der Waals surface area contributed by atoms with E-state index in [1.54, 1.807) is 25.3 Å². The van der Waals surface area contributed by atoms with Gasteiger partial charge < -0.3 is 14.6 Å². The van der Waals surface area contributed by atoms with Gasteiger partial charge in [0, 0.05) is 17.2 Å². The minimum absolute atomic E-state index is 0.109. The van der Waals surface area contributed by atoms with Crippen molar-refractivity contribution < 1.29 is 24.2 Å². The zero-order chi connectivity index (χ0) is 17.5. The largest absolute Gasteiger partial charge is 0.497 e. The standard InChI is InChI=1S/C17H16N2O5/c1-23-14-8-7-13(15(9-14)24-2)10-18-19-16(20)11-3-5-12(6-4-11)17(21)22/h3-10H,1-2H3,(H,19,20)(H,21,22)/b18-10+. The minimum Gasteiger partial charge on any atom is -0.497 e. The number of amides is 1. The van der Waals surface area contributed by atoms with E-state index in [9.17, 15) is 9.59 Å². The molecule has 0 unspecified atom stereocenters. The van der Waals surface area contributed by atoms with Crippen molar-refractivity contribution >= 4 is 18.1 Å². The summed E-state index contributed by atoms with van der Waals surface area (Å²) in [5.41, 5.74) is 3.45. The molecule has 0 saturated carbocycles. The fourth-order valence-corrected chi connectivity index (χ4v) is 1.91. The number of hydrazone groups is 1. The average Bonchev–Trinajstić information content (AvgIpc) is 2.61. The summed E-state index contributed by atoms with van der Waals surface area (Å²) in [6.07, 6.45) is 1.45. The molecule has 2 aromatic rings. The van der Waals surface area contributed by atoms with Crippen molar-refractivity contribution in [2.24, 2.45) is 5.10 Å². The van der Waals surface area contributed by atoms with Crippen molar-refractivity contribution in [3.8, 4) is 11.5 Å². The van der Waals surface area contributed by atoms with Crippen molar-refractivity contribution in [2.75, 3.05) is 14.2 Å². The van der Waals surface area contributed by atoms with Gasteiger partial charge in [0.05, 0.1) is 26.0 Å². The van der Waals surface area contributed by atoms with Gasteiger partial charge in [-0.1, -0.05) is 0 Å². The number of benzene rings is 2. The number of ether oxygens (including phenoxy) is 2.